The first kappa shape index (κ1) is 20.2. The number of nitrogens with one attached hydrogen (secondary N) is 1. The number of hydrogen-bond donors (Lipinski definition) is 2. The molecule has 7 heteroatoms. The number of aliphatic hydroxyl groups is 1. The fraction of sp³-hybridized carbons (Fsp3) is 1.00. The number of aliphatic hydroxyl groups excluding tert-OH is 1. The van der Waals surface area contributed by atoms with Crippen LogP contribution in [0.3, 0.4) is 0 Å². The standard InChI is InChI=1S/C13H33NO4Si2/c1-4-16-20(17-5-2,18-6-3)12-8-10-14-13(19)9-7-11-15/h13-15H,4-12H2,1-3,19H3. The highest BCUT2D eigenvalue weighted by atomic mass is 28.4. The topological polar surface area (TPSA) is 60.0 Å². The second-order valence-electron chi connectivity index (χ2n) is 4.81. The Labute approximate surface area is 128 Å². The molecule has 122 valence electrons. The fourth-order valence-electron chi connectivity index (χ4n) is 2.15. The van der Waals surface area contributed by atoms with Crippen LogP contribution in [-0.4, -0.2) is 62.8 Å². The van der Waals surface area contributed by atoms with Gasteiger partial charge in [-0.2, -0.15) is 0 Å². The smallest absolute Gasteiger partial charge is 0.396 e. The van der Waals surface area contributed by atoms with Crippen molar-refractivity contribution >= 4 is 19.0 Å². The van der Waals surface area contributed by atoms with Crippen LogP contribution in [-0.2, 0) is 13.3 Å². The molecule has 20 heavy (non-hydrogen) atoms. The van der Waals surface area contributed by atoms with E-state index in [1.807, 2.05) is 20.8 Å². The first-order valence-corrected chi connectivity index (χ1v) is 11.0. The molecule has 1 unspecified atom stereocenters. The van der Waals surface area contributed by atoms with Crippen LogP contribution >= 0.6 is 0 Å². The van der Waals surface area contributed by atoms with Gasteiger partial charge in [-0.05, 0) is 52.2 Å². The summed E-state index contributed by atoms with van der Waals surface area (Å²) >= 11 is 0. The largest absolute Gasteiger partial charge is 0.500 e. The predicted molar refractivity (Wildman–Crippen MR) is 88.1 cm³/mol. The molecule has 0 aromatic carbocycles. The third-order valence-electron chi connectivity index (χ3n) is 3.04. The molecule has 0 aliphatic carbocycles. The summed E-state index contributed by atoms with van der Waals surface area (Å²) < 4.78 is 17.5. The van der Waals surface area contributed by atoms with Gasteiger partial charge in [0, 0.05) is 42.7 Å². The molecular weight excluding hydrogens is 290 g/mol. The van der Waals surface area contributed by atoms with Crippen LogP contribution in [0.2, 0.25) is 6.04 Å². The average Bonchev–Trinajstić information content (AvgIpc) is 2.42. The average molecular weight is 324 g/mol. The second kappa shape index (κ2) is 12.9. The van der Waals surface area contributed by atoms with E-state index in [0.717, 1.165) is 42.1 Å². The van der Waals surface area contributed by atoms with Gasteiger partial charge in [0.15, 0.2) is 0 Å². The van der Waals surface area contributed by atoms with Gasteiger partial charge in [-0.3, -0.25) is 0 Å². The number of rotatable bonds is 14. The van der Waals surface area contributed by atoms with Crippen molar-refractivity contribution in [2.24, 2.45) is 0 Å². The molecule has 0 radical (unpaired) electrons. The Balaban J connectivity index is 4.05. The minimum absolute atomic E-state index is 0.287. The van der Waals surface area contributed by atoms with Gasteiger partial charge in [-0.15, -0.1) is 0 Å². The van der Waals surface area contributed by atoms with Gasteiger partial charge in [-0.1, -0.05) is 0 Å². The molecule has 0 rings (SSSR count). The first-order valence-electron chi connectivity index (χ1n) is 7.90. The Morgan fingerprint density at radius 2 is 1.60 bits per heavy atom. The lowest BCUT2D eigenvalue weighted by molar-refractivity contribution is 0.0708. The van der Waals surface area contributed by atoms with Crippen LogP contribution in [0.1, 0.15) is 40.0 Å². The second-order valence-corrected chi connectivity index (χ2v) is 8.93. The van der Waals surface area contributed by atoms with Crippen molar-refractivity contribution in [2.75, 3.05) is 33.0 Å². The molecule has 0 amide bonds. The summed E-state index contributed by atoms with van der Waals surface area (Å²) in [7, 11) is -1.35. The van der Waals surface area contributed by atoms with E-state index in [1.165, 1.54) is 0 Å². The van der Waals surface area contributed by atoms with E-state index in [9.17, 15) is 0 Å². The molecular formula is C13H33NO4Si2. The summed E-state index contributed by atoms with van der Waals surface area (Å²) in [5, 5.41) is 12.3. The molecule has 0 aliphatic rings. The van der Waals surface area contributed by atoms with Crippen molar-refractivity contribution in [3.05, 3.63) is 0 Å². The summed E-state index contributed by atoms with van der Waals surface area (Å²) in [5.41, 5.74) is 0.574. The van der Waals surface area contributed by atoms with E-state index >= 15 is 0 Å². The van der Waals surface area contributed by atoms with E-state index < -0.39 is 8.80 Å². The van der Waals surface area contributed by atoms with E-state index in [4.69, 9.17) is 18.4 Å². The maximum atomic E-state index is 8.81. The minimum atomic E-state index is -2.46. The van der Waals surface area contributed by atoms with Crippen LogP contribution in [0.15, 0.2) is 0 Å². The van der Waals surface area contributed by atoms with E-state index in [1.54, 1.807) is 0 Å². The van der Waals surface area contributed by atoms with Gasteiger partial charge in [0.05, 0.1) is 0 Å². The van der Waals surface area contributed by atoms with Crippen LogP contribution in [0.5, 0.6) is 0 Å². The van der Waals surface area contributed by atoms with Gasteiger partial charge in [0.1, 0.15) is 0 Å². The van der Waals surface area contributed by atoms with Gasteiger partial charge in [0.25, 0.3) is 0 Å². The van der Waals surface area contributed by atoms with E-state index in [2.05, 4.69) is 5.32 Å². The third-order valence-corrected chi connectivity index (χ3v) is 7.18. The SMILES string of the molecule is CCO[Si](CCCNC([SiH3])CCCO)(OCC)OCC. The van der Waals surface area contributed by atoms with Crippen LogP contribution in [0, 0.1) is 0 Å². The molecule has 1 atom stereocenters. The Morgan fingerprint density at radius 3 is 2.05 bits per heavy atom. The first-order chi connectivity index (χ1) is 9.64. The van der Waals surface area contributed by atoms with Crippen LogP contribution in [0.25, 0.3) is 0 Å². The third kappa shape index (κ3) is 9.22. The Hall–Kier alpha value is 0.234. The summed E-state index contributed by atoms with van der Waals surface area (Å²) in [4.78, 5) is 0. The summed E-state index contributed by atoms with van der Waals surface area (Å²) in [6.07, 6.45) is 2.95. The van der Waals surface area contributed by atoms with Gasteiger partial charge >= 0.3 is 8.80 Å². The monoisotopic (exact) mass is 323 g/mol. The zero-order chi connectivity index (χ0) is 15.3. The zero-order valence-corrected chi connectivity index (χ0v) is 16.6. The van der Waals surface area contributed by atoms with Gasteiger partial charge in [-0.25, -0.2) is 0 Å². The highest BCUT2D eigenvalue weighted by molar-refractivity contribution is 6.60. The van der Waals surface area contributed by atoms with Crippen LogP contribution < -0.4 is 5.32 Å². The summed E-state index contributed by atoms with van der Waals surface area (Å²) in [6, 6.07) is 0.865. The number of hydrogen-bond acceptors (Lipinski definition) is 5. The van der Waals surface area contributed by atoms with Crippen molar-refractivity contribution in [3.8, 4) is 0 Å². The minimum Gasteiger partial charge on any atom is -0.396 e. The van der Waals surface area contributed by atoms with Gasteiger partial charge < -0.3 is 23.7 Å². The highest BCUT2D eigenvalue weighted by Crippen LogP contribution is 2.17. The normalized spacial score (nSPS) is 13.8. The molecule has 2 N–H and O–H groups in total. The lowest BCUT2D eigenvalue weighted by atomic mass is 10.3. The zero-order valence-electron chi connectivity index (χ0n) is 13.6. The lowest BCUT2D eigenvalue weighted by Gasteiger charge is -2.28. The molecule has 0 saturated heterocycles. The molecule has 0 aliphatic heterocycles. The van der Waals surface area contributed by atoms with E-state index in [0.29, 0.717) is 25.5 Å². The van der Waals surface area contributed by atoms with Crippen LogP contribution in [0.4, 0.5) is 0 Å². The maximum Gasteiger partial charge on any atom is 0.500 e. The summed E-state index contributed by atoms with van der Waals surface area (Å²) in [5.74, 6) is 0. The highest BCUT2D eigenvalue weighted by Gasteiger charge is 2.39. The molecule has 0 saturated carbocycles. The molecule has 0 aromatic rings. The van der Waals surface area contributed by atoms with Crippen molar-refractivity contribution in [1.82, 2.24) is 5.32 Å². The summed E-state index contributed by atoms with van der Waals surface area (Å²) in [6.45, 7) is 9.12. The van der Waals surface area contributed by atoms with Crippen molar-refractivity contribution in [2.45, 2.75) is 51.7 Å². The van der Waals surface area contributed by atoms with E-state index in [-0.39, 0.29) is 6.61 Å². The predicted octanol–water partition coefficient (Wildman–Crippen LogP) is 0.478. The maximum absolute atomic E-state index is 8.81. The molecule has 0 bridgehead atoms. The molecule has 5 nitrogen and oxygen atoms in total. The molecule has 0 aromatic heterocycles. The molecule has 0 fully saturated rings. The lowest BCUT2D eigenvalue weighted by Crippen LogP contribution is -2.46. The Kier molecular flexibility index (Phi) is 13.1. The quantitative estimate of drug-likeness (QED) is 0.360. The van der Waals surface area contributed by atoms with Crippen molar-refractivity contribution < 1.29 is 18.4 Å². The van der Waals surface area contributed by atoms with Crippen molar-refractivity contribution in [1.29, 1.82) is 0 Å². The molecule has 0 spiro atoms. The van der Waals surface area contributed by atoms with Crippen molar-refractivity contribution in [3.63, 3.8) is 0 Å². The Bertz CT molecular complexity index is 206. The fourth-order valence-corrected chi connectivity index (χ4v) is 5.46. The van der Waals surface area contributed by atoms with Gasteiger partial charge in [0.2, 0.25) is 0 Å². The molecule has 0 heterocycles. The Morgan fingerprint density at radius 1 is 1.05 bits per heavy atom.